The highest BCUT2D eigenvalue weighted by molar-refractivity contribution is 5.75. The Kier molecular flexibility index (Phi) is 4.32. The average molecular weight is 291 g/mol. The van der Waals surface area contributed by atoms with Crippen molar-refractivity contribution in [1.82, 2.24) is 15.1 Å². The molecule has 0 aliphatic heterocycles. The minimum absolute atomic E-state index is 0.0245. The number of nitrogens with zero attached hydrogens (tertiary/aromatic N) is 2. The molecule has 0 radical (unpaired) electrons. The molecule has 2 N–H and O–H groups in total. The van der Waals surface area contributed by atoms with E-state index in [4.69, 9.17) is 0 Å². The quantitative estimate of drug-likeness (QED) is 0.882. The van der Waals surface area contributed by atoms with Gasteiger partial charge in [-0.3, -0.25) is 9.48 Å². The van der Waals surface area contributed by atoms with E-state index in [1.807, 2.05) is 0 Å². The van der Waals surface area contributed by atoms with Gasteiger partial charge in [0.1, 0.15) is 6.54 Å². The molecule has 8 heteroatoms. The molecule has 0 atom stereocenters. The number of carbonyl (C=O) groups is 1. The average Bonchev–Trinajstić information content (AvgIpc) is 2.80. The van der Waals surface area contributed by atoms with Gasteiger partial charge in [0.05, 0.1) is 6.10 Å². The standard InChI is InChI=1S/C12H16F3N3O2/c13-12(14,15)10-5-6-18(17-10)7-11(20)16-8-1-3-9(19)4-2-8/h5-6,8-9,19H,1-4,7H2,(H,16,20). The Bertz CT molecular complexity index is 465. The molecule has 1 heterocycles. The van der Waals surface area contributed by atoms with Crippen molar-refractivity contribution in [2.24, 2.45) is 0 Å². The second kappa shape index (κ2) is 5.82. The highest BCUT2D eigenvalue weighted by Crippen LogP contribution is 2.27. The maximum Gasteiger partial charge on any atom is 0.435 e. The molecule has 20 heavy (non-hydrogen) atoms. The van der Waals surface area contributed by atoms with E-state index < -0.39 is 11.9 Å². The highest BCUT2D eigenvalue weighted by Gasteiger charge is 2.33. The van der Waals surface area contributed by atoms with E-state index in [0.717, 1.165) is 16.9 Å². The van der Waals surface area contributed by atoms with Crippen molar-refractivity contribution in [3.8, 4) is 0 Å². The molecule has 0 bridgehead atoms. The second-order valence-corrected chi connectivity index (χ2v) is 4.97. The molecule has 1 aromatic rings. The van der Waals surface area contributed by atoms with Gasteiger partial charge in [-0.25, -0.2) is 0 Å². The summed E-state index contributed by atoms with van der Waals surface area (Å²) in [4.78, 5) is 11.7. The van der Waals surface area contributed by atoms with Crippen molar-refractivity contribution in [3.05, 3.63) is 18.0 Å². The minimum atomic E-state index is -4.50. The number of alkyl halides is 3. The van der Waals surface area contributed by atoms with Gasteiger partial charge in [0.2, 0.25) is 5.91 Å². The molecule has 0 unspecified atom stereocenters. The number of hydrogen-bond donors (Lipinski definition) is 2. The van der Waals surface area contributed by atoms with Gasteiger partial charge in [-0.15, -0.1) is 0 Å². The Hall–Kier alpha value is -1.57. The van der Waals surface area contributed by atoms with E-state index in [1.54, 1.807) is 0 Å². The summed E-state index contributed by atoms with van der Waals surface area (Å²) in [5, 5.41) is 15.4. The molecule has 1 amide bonds. The van der Waals surface area contributed by atoms with Crippen LogP contribution in [0.1, 0.15) is 31.4 Å². The van der Waals surface area contributed by atoms with Crippen molar-refractivity contribution in [2.75, 3.05) is 0 Å². The van der Waals surface area contributed by atoms with Crippen molar-refractivity contribution in [1.29, 1.82) is 0 Å². The summed E-state index contributed by atoms with van der Waals surface area (Å²) in [6, 6.07) is 0.813. The normalized spacial score (nSPS) is 23.6. The number of halogens is 3. The predicted molar refractivity (Wildman–Crippen MR) is 63.6 cm³/mol. The van der Waals surface area contributed by atoms with E-state index in [1.165, 1.54) is 0 Å². The van der Waals surface area contributed by atoms with Crippen LogP contribution in [0, 0.1) is 0 Å². The van der Waals surface area contributed by atoms with Gasteiger partial charge in [0.25, 0.3) is 0 Å². The van der Waals surface area contributed by atoms with E-state index in [-0.39, 0.29) is 24.6 Å². The fourth-order valence-electron chi connectivity index (χ4n) is 2.24. The van der Waals surface area contributed by atoms with Crippen LogP contribution < -0.4 is 5.32 Å². The van der Waals surface area contributed by atoms with Crippen LogP contribution in [0.4, 0.5) is 13.2 Å². The van der Waals surface area contributed by atoms with Crippen molar-refractivity contribution < 1.29 is 23.1 Å². The zero-order chi connectivity index (χ0) is 14.8. The summed E-state index contributed by atoms with van der Waals surface area (Å²) >= 11 is 0. The van der Waals surface area contributed by atoms with Crippen LogP contribution in [0.5, 0.6) is 0 Å². The van der Waals surface area contributed by atoms with Crippen LogP contribution in [-0.2, 0) is 17.5 Å². The molecule has 0 spiro atoms. The molecule has 1 aliphatic rings. The topological polar surface area (TPSA) is 67.2 Å². The fourth-order valence-corrected chi connectivity index (χ4v) is 2.24. The van der Waals surface area contributed by atoms with Gasteiger partial charge in [-0.2, -0.15) is 18.3 Å². The lowest BCUT2D eigenvalue weighted by Crippen LogP contribution is -2.40. The van der Waals surface area contributed by atoms with Gasteiger partial charge in [-0.05, 0) is 31.7 Å². The van der Waals surface area contributed by atoms with E-state index in [2.05, 4.69) is 10.4 Å². The lowest BCUT2D eigenvalue weighted by atomic mass is 9.93. The Balaban J connectivity index is 1.84. The van der Waals surface area contributed by atoms with Gasteiger partial charge in [0, 0.05) is 12.2 Å². The first-order valence-corrected chi connectivity index (χ1v) is 6.42. The van der Waals surface area contributed by atoms with Crippen LogP contribution in [0.15, 0.2) is 12.3 Å². The first-order chi connectivity index (χ1) is 9.34. The molecule has 1 aromatic heterocycles. The number of rotatable bonds is 3. The Morgan fingerprint density at radius 2 is 2.05 bits per heavy atom. The van der Waals surface area contributed by atoms with Crippen molar-refractivity contribution in [3.63, 3.8) is 0 Å². The molecule has 0 aromatic carbocycles. The van der Waals surface area contributed by atoms with Crippen LogP contribution >= 0.6 is 0 Å². The third kappa shape index (κ3) is 3.96. The molecule has 112 valence electrons. The van der Waals surface area contributed by atoms with Gasteiger partial charge < -0.3 is 10.4 Å². The first kappa shape index (κ1) is 14.8. The summed E-state index contributed by atoms with van der Waals surface area (Å²) in [6.07, 6.45) is -1.06. The number of amides is 1. The van der Waals surface area contributed by atoms with Crippen LogP contribution in [0.25, 0.3) is 0 Å². The van der Waals surface area contributed by atoms with Crippen LogP contribution in [0.3, 0.4) is 0 Å². The summed E-state index contributed by atoms with van der Waals surface area (Å²) in [5.41, 5.74) is -1.01. The SMILES string of the molecule is O=C(Cn1ccc(C(F)(F)F)n1)NC1CCC(O)CC1. The number of hydrogen-bond acceptors (Lipinski definition) is 3. The number of aliphatic hydroxyl groups is 1. The number of aliphatic hydroxyl groups excluding tert-OH is 1. The van der Waals surface area contributed by atoms with Gasteiger partial charge in [-0.1, -0.05) is 0 Å². The fraction of sp³-hybridized carbons (Fsp3) is 0.667. The van der Waals surface area contributed by atoms with E-state index >= 15 is 0 Å². The Morgan fingerprint density at radius 3 is 2.60 bits per heavy atom. The maximum atomic E-state index is 12.3. The lowest BCUT2D eigenvalue weighted by molar-refractivity contribution is -0.141. The molecule has 2 rings (SSSR count). The number of aromatic nitrogens is 2. The molecule has 1 aliphatic carbocycles. The Labute approximate surface area is 113 Å². The van der Waals surface area contributed by atoms with E-state index in [0.29, 0.717) is 25.7 Å². The zero-order valence-corrected chi connectivity index (χ0v) is 10.7. The van der Waals surface area contributed by atoms with Crippen LogP contribution in [-0.4, -0.2) is 32.9 Å². The third-order valence-electron chi connectivity index (χ3n) is 3.30. The van der Waals surface area contributed by atoms with Crippen LogP contribution in [0.2, 0.25) is 0 Å². The third-order valence-corrected chi connectivity index (χ3v) is 3.30. The molecular weight excluding hydrogens is 275 g/mol. The molecule has 5 nitrogen and oxygen atoms in total. The largest absolute Gasteiger partial charge is 0.435 e. The second-order valence-electron chi connectivity index (χ2n) is 4.97. The molecule has 1 saturated carbocycles. The smallest absolute Gasteiger partial charge is 0.393 e. The minimum Gasteiger partial charge on any atom is -0.393 e. The molecule has 0 saturated heterocycles. The molecular formula is C12H16F3N3O2. The maximum absolute atomic E-state index is 12.3. The number of carbonyl (C=O) groups excluding carboxylic acids is 1. The summed E-state index contributed by atoms with van der Waals surface area (Å²) in [5.74, 6) is -0.372. The summed E-state index contributed by atoms with van der Waals surface area (Å²) in [6.45, 7) is -0.241. The summed E-state index contributed by atoms with van der Waals surface area (Å²) in [7, 11) is 0. The van der Waals surface area contributed by atoms with Crippen molar-refractivity contribution >= 4 is 5.91 Å². The highest BCUT2D eigenvalue weighted by atomic mass is 19.4. The van der Waals surface area contributed by atoms with Gasteiger partial charge >= 0.3 is 6.18 Å². The first-order valence-electron chi connectivity index (χ1n) is 6.42. The zero-order valence-electron chi connectivity index (χ0n) is 10.7. The predicted octanol–water partition coefficient (Wildman–Crippen LogP) is 1.32. The molecule has 1 fully saturated rings. The lowest BCUT2D eigenvalue weighted by Gasteiger charge is -2.26. The number of nitrogens with one attached hydrogen (secondary N) is 1. The monoisotopic (exact) mass is 291 g/mol. The van der Waals surface area contributed by atoms with Crippen molar-refractivity contribution in [2.45, 2.75) is 50.6 Å². The van der Waals surface area contributed by atoms with E-state index in [9.17, 15) is 23.1 Å². The Morgan fingerprint density at radius 1 is 1.40 bits per heavy atom. The summed E-state index contributed by atoms with van der Waals surface area (Å²) < 4.78 is 38.0. The van der Waals surface area contributed by atoms with Gasteiger partial charge in [0.15, 0.2) is 5.69 Å².